The number of esters is 1. The summed E-state index contributed by atoms with van der Waals surface area (Å²) >= 11 is 1.32. The smallest absolute Gasteiger partial charge is 0.338 e. The van der Waals surface area contributed by atoms with E-state index in [-0.39, 0.29) is 35.7 Å². The maximum Gasteiger partial charge on any atom is 0.338 e. The number of rotatable bonds is 7. The maximum atomic E-state index is 14.1. The minimum Gasteiger partial charge on any atom is -0.512 e. The van der Waals surface area contributed by atoms with Crippen LogP contribution in [-0.2, 0) is 22.4 Å². The van der Waals surface area contributed by atoms with Crippen molar-refractivity contribution < 1.29 is 27.8 Å². The number of hydrogen-bond acceptors (Lipinski definition) is 6. The van der Waals surface area contributed by atoms with Crippen molar-refractivity contribution in [1.29, 1.82) is 0 Å². The van der Waals surface area contributed by atoms with Crippen molar-refractivity contribution in [2.75, 3.05) is 0 Å². The summed E-state index contributed by atoms with van der Waals surface area (Å²) in [7, 11) is 0. The number of aryl methyl sites for hydroxylation is 2. The van der Waals surface area contributed by atoms with Gasteiger partial charge in [0.05, 0.1) is 16.8 Å². The second kappa shape index (κ2) is 9.96. The average molecular weight is 533 g/mol. The van der Waals surface area contributed by atoms with Crippen molar-refractivity contribution in [2.24, 2.45) is 5.92 Å². The molecule has 2 aliphatic rings. The first-order chi connectivity index (χ1) is 17.7. The molecule has 1 aliphatic heterocycles. The van der Waals surface area contributed by atoms with Gasteiger partial charge in [-0.3, -0.25) is 9.20 Å². The molecule has 2 aromatic heterocycles. The molecule has 1 aliphatic carbocycles. The first kappa shape index (κ1) is 25.5. The van der Waals surface area contributed by atoms with E-state index < -0.39 is 29.4 Å². The summed E-state index contributed by atoms with van der Waals surface area (Å²) in [5.41, 5.74) is -0.136. The molecular formula is C27H27F3N2O4S. The normalized spacial score (nSPS) is 20.8. The number of halogens is 3. The van der Waals surface area contributed by atoms with E-state index in [9.17, 15) is 27.9 Å². The number of hydrogen-bond donors (Lipinski definition) is 1. The van der Waals surface area contributed by atoms with Gasteiger partial charge in [0.15, 0.2) is 4.96 Å². The third-order valence-corrected chi connectivity index (χ3v) is 8.52. The molecule has 37 heavy (non-hydrogen) atoms. The molecule has 3 heterocycles. The Morgan fingerprint density at radius 3 is 2.68 bits per heavy atom. The van der Waals surface area contributed by atoms with Gasteiger partial charge in [0.2, 0.25) is 0 Å². The van der Waals surface area contributed by atoms with E-state index in [1.165, 1.54) is 27.9 Å². The Labute approximate surface area is 215 Å². The number of aliphatic hydroxyl groups is 1. The van der Waals surface area contributed by atoms with Crippen LogP contribution in [0, 0.1) is 18.7 Å². The highest BCUT2D eigenvalue weighted by atomic mass is 32.1. The predicted octanol–water partition coefficient (Wildman–Crippen LogP) is 6.00. The van der Waals surface area contributed by atoms with Crippen LogP contribution in [0.3, 0.4) is 0 Å². The Balaban J connectivity index is 1.40. The predicted molar refractivity (Wildman–Crippen MR) is 133 cm³/mol. The van der Waals surface area contributed by atoms with Gasteiger partial charge in [-0.15, -0.1) is 11.3 Å². The van der Waals surface area contributed by atoms with E-state index in [1.807, 2.05) is 12.3 Å². The van der Waals surface area contributed by atoms with Crippen LogP contribution < -0.4 is 5.56 Å². The number of carbonyl (C=O) groups is 1. The number of benzene rings is 1. The summed E-state index contributed by atoms with van der Waals surface area (Å²) in [6.07, 6.45) is 1.44. The lowest BCUT2D eigenvalue weighted by atomic mass is 9.76. The van der Waals surface area contributed by atoms with Gasteiger partial charge in [-0.2, -0.15) is 0 Å². The number of aliphatic hydroxyl groups excluding tert-OH is 1. The molecule has 10 heteroatoms. The quantitative estimate of drug-likeness (QED) is 0.377. The number of thiazole rings is 1. The van der Waals surface area contributed by atoms with Crippen LogP contribution in [0.1, 0.15) is 67.5 Å². The zero-order valence-electron chi connectivity index (χ0n) is 20.3. The molecule has 1 saturated carbocycles. The standard InChI is InChI=1S/C27H27F3N2O4S/c1-15-14-37-26-31-18(12-23(34)32(15)26)11-20-22(33)13-27(36-25(20)35,17-4-2-3-5-17)9-8-16-6-7-19(24(29)30)21(28)10-16/h6-7,10,12,14,17,24,33H,2-5,8-9,11,13H2,1H3. The monoisotopic (exact) mass is 532 g/mol. The van der Waals surface area contributed by atoms with Crippen molar-refractivity contribution in [3.05, 3.63) is 79.7 Å². The molecule has 5 rings (SSSR count). The van der Waals surface area contributed by atoms with Crippen LogP contribution in [-0.4, -0.2) is 26.1 Å². The van der Waals surface area contributed by atoms with E-state index in [1.54, 1.807) is 0 Å². The fraction of sp³-hybridized carbons (Fsp3) is 0.444. The lowest BCUT2D eigenvalue weighted by molar-refractivity contribution is -0.167. The molecule has 3 aromatic rings. The fourth-order valence-electron chi connectivity index (χ4n) is 5.62. The molecule has 1 unspecified atom stereocenters. The van der Waals surface area contributed by atoms with Gasteiger partial charge in [-0.05, 0) is 50.2 Å². The van der Waals surface area contributed by atoms with Crippen LogP contribution in [0.5, 0.6) is 0 Å². The summed E-state index contributed by atoms with van der Waals surface area (Å²) < 4.78 is 47.5. The highest BCUT2D eigenvalue weighted by Crippen LogP contribution is 2.46. The first-order valence-corrected chi connectivity index (χ1v) is 13.2. The molecule has 0 spiro atoms. The van der Waals surface area contributed by atoms with Crippen molar-refractivity contribution in [3.8, 4) is 0 Å². The Kier molecular flexibility index (Phi) is 6.87. The van der Waals surface area contributed by atoms with Gasteiger partial charge in [0.25, 0.3) is 12.0 Å². The third-order valence-electron chi connectivity index (χ3n) is 7.58. The zero-order chi connectivity index (χ0) is 26.3. The number of cyclic esters (lactones) is 1. The summed E-state index contributed by atoms with van der Waals surface area (Å²) in [5.74, 6) is -1.68. The second-order valence-electron chi connectivity index (χ2n) is 9.95. The lowest BCUT2D eigenvalue weighted by Gasteiger charge is -2.42. The number of alkyl halides is 2. The Morgan fingerprint density at radius 2 is 2.00 bits per heavy atom. The number of nitrogens with zero attached hydrogens (tertiary/aromatic N) is 2. The SMILES string of the molecule is Cc1csc2nc(CC3=C(O)CC(CCc4ccc(C(F)F)c(F)c4)(C4CCCC4)OC3=O)cc(=O)n12. The van der Waals surface area contributed by atoms with Crippen LogP contribution >= 0.6 is 11.3 Å². The minimum atomic E-state index is -2.89. The Bertz CT molecular complexity index is 1440. The molecule has 1 fully saturated rings. The van der Waals surface area contributed by atoms with E-state index >= 15 is 0 Å². The first-order valence-electron chi connectivity index (χ1n) is 12.3. The molecule has 0 saturated heterocycles. The van der Waals surface area contributed by atoms with Gasteiger partial charge < -0.3 is 9.84 Å². The molecule has 196 valence electrons. The zero-order valence-corrected chi connectivity index (χ0v) is 21.1. The van der Waals surface area contributed by atoms with Crippen molar-refractivity contribution in [1.82, 2.24) is 9.38 Å². The van der Waals surface area contributed by atoms with E-state index in [4.69, 9.17) is 4.74 Å². The molecule has 0 bridgehead atoms. The number of fused-ring (bicyclic) bond motifs is 1. The van der Waals surface area contributed by atoms with Crippen LogP contribution in [0.4, 0.5) is 13.2 Å². The highest BCUT2D eigenvalue weighted by Gasteiger charge is 2.48. The summed E-state index contributed by atoms with van der Waals surface area (Å²) in [5, 5.41) is 12.9. The molecule has 0 amide bonds. The van der Waals surface area contributed by atoms with Gasteiger partial charge in [0, 0.05) is 30.0 Å². The van der Waals surface area contributed by atoms with Crippen LogP contribution in [0.25, 0.3) is 4.96 Å². The number of aromatic nitrogens is 2. The third kappa shape index (κ3) is 4.91. The summed E-state index contributed by atoms with van der Waals surface area (Å²) in [6, 6.07) is 5.01. The largest absolute Gasteiger partial charge is 0.512 e. The summed E-state index contributed by atoms with van der Waals surface area (Å²) in [4.78, 5) is 30.7. The van der Waals surface area contributed by atoms with E-state index in [0.717, 1.165) is 43.5 Å². The molecule has 1 aromatic carbocycles. The number of carbonyl (C=O) groups excluding carboxylic acids is 1. The van der Waals surface area contributed by atoms with Gasteiger partial charge in [-0.1, -0.05) is 25.0 Å². The molecule has 1 atom stereocenters. The fourth-order valence-corrected chi connectivity index (χ4v) is 6.51. The van der Waals surface area contributed by atoms with Crippen molar-refractivity contribution in [3.63, 3.8) is 0 Å². The summed E-state index contributed by atoms with van der Waals surface area (Å²) in [6.45, 7) is 1.81. The minimum absolute atomic E-state index is 0.0264. The average Bonchev–Trinajstić information content (AvgIpc) is 3.51. The van der Waals surface area contributed by atoms with E-state index in [2.05, 4.69) is 4.98 Å². The molecular weight excluding hydrogens is 505 g/mol. The molecule has 1 N–H and O–H groups in total. The molecule has 0 radical (unpaired) electrons. The second-order valence-corrected chi connectivity index (χ2v) is 10.8. The Hall–Kier alpha value is -3.14. The van der Waals surface area contributed by atoms with Gasteiger partial charge >= 0.3 is 5.97 Å². The van der Waals surface area contributed by atoms with Gasteiger partial charge in [0.1, 0.15) is 17.2 Å². The highest BCUT2D eigenvalue weighted by molar-refractivity contribution is 7.15. The van der Waals surface area contributed by atoms with Gasteiger partial charge in [-0.25, -0.2) is 22.9 Å². The maximum absolute atomic E-state index is 14.1. The molecule has 6 nitrogen and oxygen atoms in total. The van der Waals surface area contributed by atoms with Crippen LogP contribution in [0.15, 0.2) is 45.8 Å². The van der Waals surface area contributed by atoms with Crippen LogP contribution in [0.2, 0.25) is 0 Å². The Morgan fingerprint density at radius 1 is 1.24 bits per heavy atom. The topological polar surface area (TPSA) is 80.9 Å². The van der Waals surface area contributed by atoms with E-state index in [0.29, 0.717) is 29.1 Å². The lowest BCUT2D eigenvalue weighted by Crippen LogP contribution is -2.46. The van der Waals surface area contributed by atoms with Crippen molar-refractivity contribution in [2.45, 2.75) is 70.3 Å². The number of ether oxygens (including phenoxy) is 1. The van der Waals surface area contributed by atoms with Crippen molar-refractivity contribution >= 4 is 22.3 Å².